The van der Waals surface area contributed by atoms with Crippen LogP contribution in [0.15, 0.2) is 48.5 Å². The summed E-state index contributed by atoms with van der Waals surface area (Å²) in [4.78, 5) is 52.9. The van der Waals surface area contributed by atoms with Gasteiger partial charge in [0.05, 0.1) is 30.0 Å². The second-order valence-corrected chi connectivity index (χ2v) is 7.78. The number of amides is 2. The number of carbonyl (C=O) groups is 4. The number of anilines is 2. The Morgan fingerprint density at radius 2 is 1.42 bits per heavy atom. The van der Waals surface area contributed by atoms with Crippen LogP contribution in [0, 0.1) is 0 Å². The molecule has 1 saturated heterocycles. The lowest BCUT2D eigenvalue weighted by Gasteiger charge is -2.32. The molecule has 0 aromatic heterocycles. The monoisotopic (exact) mass is 446 g/mol. The van der Waals surface area contributed by atoms with Gasteiger partial charge in [0.2, 0.25) is 0 Å². The van der Waals surface area contributed by atoms with Crippen LogP contribution in [0.2, 0.25) is 0 Å². The molecule has 0 atom stereocenters. The summed E-state index contributed by atoms with van der Waals surface area (Å²) in [6.45, 7) is 2.54. The molecule has 0 aliphatic carbocycles. The van der Waals surface area contributed by atoms with E-state index in [4.69, 9.17) is 4.74 Å². The Morgan fingerprint density at radius 3 is 2.03 bits per heavy atom. The van der Waals surface area contributed by atoms with Crippen LogP contribution in [0.3, 0.4) is 0 Å². The number of hydrogen-bond donors (Lipinski definition) is 2. The maximum Gasteiger partial charge on any atom is 0.335 e. The summed E-state index contributed by atoms with van der Waals surface area (Å²) in [5.41, 5.74) is 0.690. The molecule has 2 N–H and O–H groups in total. The van der Waals surface area contributed by atoms with Crippen molar-refractivity contribution in [1.29, 1.82) is 0 Å². The van der Waals surface area contributed by atoms with Gasteiger partial charge in [-0.1, -0.05) is 12.1 Å². The van der Waals surface area contributed by atoms with Crippen LogP contribution in [0.1, 0.15) is 41.4 Å². The number of ether oxygens (including phenoxy) is 1. The van der Waals surface area contributed by atoms with Crippen molar-refractivity contribution in [2.45, 2.75) is 0 Å². The Hall–Kier alpha value is -4.24. The summed E-state index contributed by atoms with van der Waals surface area (Å²) in [5, 5.41) is 20.1. The molecule has 9 heteroatoms. The van der Waals surface area contributed by atoms with Crippen LogP contribution < -0.4 is 9.80 Å². The summed E-state index contributed by atoms with van der Waals surface area (Å²) in [6.07, 6.45) is 0. The zero-order valence-corrected chi connectivity index (χ0v) is 17.3. The lowest BCUT2D eigenvalue weighted by molar-refractivity contribution is 0.0695. The topological polar surface area (TPSA) is 124 Å². The summed E-state index contributed by atoms with van der Waals surface area (Å²) < 4.78 is 5.42. The highest BCUT2D eigenvalue weighted by molar-refractivity contribution is 6.36. The van der Waals surface area contributed by atoms with E-state index in [0.29, 0.717) is 31.7 Å². The number of carboxylic acids is 2. The Morgan fingerprint density at radius 1 is 0.818 bits per heavy atom. The molecule has 0 bridgehead atoms. The normalized spacial score (nSPS) is 15.8. The average molecular weight is 446 g/mol. The number of aromatic carboxylic acids is 2. The van der Waals surface area contributed by atoms with Crippen LogP contribution in [-0.4, -0.2) is 60.3 Å². The van der Waals surface area contributed by atoms with E-state index in [0.717, 1.165) is 34.2 Å². The molecule has 0 saturated carbocycles. The second kappa shape index (κ2) is 7.72. The summed E-state index contributed by atoms with van der Waals surface area (Å²) >= 11 is 0. The Kier molecular flexibility index (Phi) is 4.83. The molecule has 5 rings (SSSR count). The van der Waals surface area contributed by atoms with Gasteiger partial charge in [0, 0.05) is 40.7 Å². The Bertz CT molecular complexity index is 1300. The van der Waals surface area contributed by atoms with Crippen molar-refractivity contribution in [2.24, 2.45) is 0 Å². The molecule has 2 aliphatic rings. The number of morpholine rings is 1. The van der Waals surface area contributed by atoms with Gasteiger partial charge < -0.3 is 19.8 Å². The van der Waals surface area contributed by atoms with Crippen molar-refractivity contribution in [3.8, 4) is 0 Å². The third kappa shape index (κ3) is 3.30. The lowest BCUT2D eigenvalue weighted by atomic mass is 9.92. The van der Waals surface area contributed by atoms with E-state index < -0.39 is 23.8 Å². The number of hydrogen-bond acceptors (Lipinski definition) is 6. The summed E-state index contributed by atoms with van der Waals surface area (Å²) in [7, 11) is 0. The van der Waals surface area contributed by atoms with E-state index in [-0.39, 0.29) is 27.9 Å². The highest BCUT2D eigenvalue weighted by Gasteiger charge is 2.35. The first-order valence-electron chi connectivity index (χ1n) is 10.3. The third-order valence-electron chi connectivity index (χ3n) is 5.91. The number of rotatable bonds is 4. The largest absolute Gasteiger partial charge is 0.478 e. The van der Waals surface area contributed by atoms with Crippen molar-refractivity contribution in [3.63, 3.8) is 0 Å². The molecule has 166 valence electrons. The fourth-order valence-corrected chi connectivity index (χ4v) is 4.38. The van der Waals surface area contributed by atoms with Crippen molar-refractivity contribution >= 4 is 45.9 Å². The van der Waals surface area contributed by atoms with Gasteiger partial charge in [-0.3, -0.25) is 9.59 Å². The standard InChI is InChI=1S/C24H18N2O7/c27-21-17-3-1-2-16-19(25-6-8-33-9-7-25)5-4-18(20(16)17)22(28)26(21)15-11-13(23(29)30)10-14(12-15)24(31)32/h1-5,10-12H,6-9H2,(H,29,30)(H,31,32). The molecule has 3 aromatic carbocycles. The predicted molar refractivity (Wildman–Crippen MR) is 118 cm³/mol. The van der Waals surface area contributed by atoms with Crippen LogP contribution in [0.4, 0.5) is 11.4 Å². The minimum Gasteiger partial charge on any atom is -0.478 e. The number of carboxylic acid groups (broad SMARTS) is 2. The molecule has 0 radical (unpaired) electrons. The van der Waals surface area contributed by atoms with Gasteiger partial charge in [0.1, 0.15) is 0 Å². The third-order valence-corrected chi connectivity index (χ3v) is 5.91. The molecule has 2 heterocycles. The highest BCUT2D eigenvalue weighted by atomic mass is 16.5. The highest BCUT2D eigenvalue weighted by Crippen LogP contribution is 2.38. The van der Waals surface area contributed by atoms with Gasteiger partial charge in [-0.2, -0.15) is 0 Å². The Labute approximate surface area is 187 Å². The van der Waals surface area contributed by atoms with E-state index in [1.807, 2.05) is 12.1 Å². The van der Waals surface area contributed by atoms with Crippen molar-refractivity contribution in [1.82, 2.24) is 0 Å². The van der Waals surface area contributed by atoms with E-state index in [1.165, 1.54) is 0 Å². The number of carbonyl (C=O) groups excluding carboxylic acids is 2. The van der Waals surface area contributed by atoms with E-state index in [9.17, 15) is 29.4 Å². The van der Waals surface area contributed by atoms with Gasteiger partial charge in [-0.05, 0) is 36.4 Å². The first kappa shape index (κ1) is 20.7. The van der Waals surface area contributed by atoms with E-state index in [1.54, 1.807) is 18.2 Å². The molecule has 3 aromatic rings. The molecule has 2 amide bonds. The molecule has 1 fully saturated rings. The second-order valence-electron chi connectivity index (χ2n) is 7.78. The van der Waals surface area contributed by atoms with E-state index >= 15 is 0 Å². The van der Waals surface area contributed by atoms with Gasteiger partial charge >= 0.3 is 11.9 Å². The molecule has 0 spiro atoms. The van der Waals surface area contributed by atoms with Crippen molar-refractivity contribution in [2.75, 3.05) is 36.1 Å². The quantitative estimate of drug-likeness (QED) is 0.586. The minimum absolute atomic E-state index is 0.109. The zero-order chi connectivity index (χ0) is 23.3. The minimum atomic E-state index is -1.37. The van der Waals surface area contributed by atoms with E-state index in [2.05, 4.69) is 4.90 Å². The summed E-state index contributed by atoms with van der Waals surface area (Å²) in [6, 6.07) is 11.9. The van der Waals surface area contributed by atoms with Gasteiger partial charge in [-0.25, -0.2) is 14.5 Å². The smallest absolute Gasteiger partial charge is 0.335 e. The predicted octanol–water partition coefficient (Wildman–Crippen LogP) is 2.87. The number of nitrogens with zero attached hydrogens (tertiary/aromatic N) is 2. The maximum atomic E-state index is 13.4. The zero-order valence-electron chi connectivity index (χ0n) is 17.3. The average Bonchev–Trinajstić information content (AvgIpc) is 2.82. The SMILES string of the molecule is O=C(O)c1cc(C(=O)O)cc(N2C(=O)c3cccc4c(N5CCOCC5)ccc(c34)C2=O)c1. The molecule has 2 aliphatic heterocycles. The first-order chi connectivity index (χ1) is 15.9. The molecule has 9 nitrogen and oxygen atoms in total. The van der Waals surface area contributed by atoms with Crippen molar-refractivity contribution < 1.29 is 34.1 Å². The van der Waals surface area contributed by atoms with Gasteiger partial charge in [-0.15, -0.1) is 0 Å². The maximum absolute atomic E-state index is 13.4. The molecular formula is C24H18N2O7. The van der Waals surface area contributed by atoms with Crippen LogP contribution in [0.25, 0.3) is 10.8 Å². The van der Waals surface area contributed by atoms with Crippen molar-refractivity contribution in [3.05, 3.63) is 70.8 Å². The van der Waals surface area contributed by atoms with Crippen LogP contribution >= 0.6 is 0 Å². The van der Waals surface area contributed by atoms with Crippen LogP contribution in [0.5, 0.6) is 0 Å². The van der Waals surface area contributed by atoms with Gasteiger partial charge in [0.25, 0.3) is 11.8 Å². The Balaban J connectivity index is 1.67. The number of benzene rings is 3. The fourth-order valence-electron chi connectivity index (χ4n) is 4.38. The van der Waals surface area contributed by atoms with Gasteiger partial charge in [0.15, 0.2) is 0 Å². The van der Waals surface area contributed by atoms with Crippen LogP contribution in [-0.2, 0) is 4.74 Å². The summed E-state index contributed by atoms with van der Waals surface area (Å²) in [5.74, 6) is -4.02. The fraction of sp³-hybridized carbons (Fsp3) is 0.167. The molecule has 0 unspecified atom stereocenters. The molecule has 33 heavy (non-hydrogen) atoms. The first-order valence-corrected chi connectivity index (χ1v) is 10.3. The lowest BCUT2D eigenvalue weighted by Crippen LogP contribution is -2.41. The number of imide groups is 1. The molecular weight excluding hydrogens is 428 g/mol.